The van der Waals surface area contributed by atoms with Gasteiger partial charge in [-0.15, -0.1) is 0 Å². The minimum absolute atomic E-state index is 0. The molecule has 1 fully saturated rings. The molecule has 1 heterocycles. The zero-order valence-electron chi connectivity index (χ0n) is 15.9. The molecule has 0 aliphatic carbocycles. The maximum atomic E-state index is 13.9. The first-order chi connectivity index (χ1) is 13.7. The normalized spacial score (nSPS) is 16.1. The molecule has 2 aromatic carbocycles. The van der Waals surface area contributed by atoms with Crippen molar-refractivity contribution in [2.75, 3.05) is 31.4 Å². The van der Waals surface area contributed by atoms with Crippen molar-refractivity contribution in [3.63, 3.8) is 0 Å². The van der Waals surface area contributed by atoms with Crippen molar-refractivity contribution in [3.8, 4) is 5.75 Å². The number of sulfone groups is 1. The number of amides is 1. The van der Waals surface area contributed by atoms with Crippen molar-refractivity contribution in [1.82, 2.24) is 0 Å². The van der Waals surface area contributed by atoms with Gasteiger partial charge in [0.15, 0.2) is 9.84 Å². The van der Waals surface area contributed by atoms with Crippen LogP contribution in [-0.2, 0) is 14.6 Å². The lowest BCUT2D eigenvalue weighted by molar-refractivity contribution is 0.102. The molecule has 11 heteroatoms. The lowest BCUT2D eigenvalue weighted by atomic mass is 10.1. The molecule has 0 spiro atoms. The Balaban J connectivity index is 0.00000320. The number of halogens is 3. The number of methoxy groups -OCH3 is 1. The molecule has 6 nitrogen and oxygen atoms in total. The van der Waals surface area contributed by atoms with E-state index < -0.39 is 27.4 Å². The highest BCUT2D eigenvalue weighted by Gasteiger charge is 2.26. The molecule has 3 rings (SSSR count). The third-order valence-corrected chi connectivity index (χ3v) is 6.68. The van der Waals surface area contributed by atoms with E-state index in [0.717, 1.165) is 6.07 Å². The minimum atomic E-state index is -3.68. The van der Waals surface area contributed by atoms with Crippen LogP contribution < -0.4 is 10.1 Å². The van der Waals surface area contributed by atoms with Crippen molar-refractivity contribution in [2.24, 2.45) is 5.92 Å². The van der Waals surface area contributed by atoms with Crippen LogP contribution in [0.1, 0.15) is 16.8 Å². The molecule has 1 saturated heterocycles. The first-order valence-electron chi connectivity index (χ1n) is 8.65. The van der Waals surface area contributed by atoms with Crippen LogP contribution in [0, 0.1) is 17.6 Å². The Labute approximate surface area is 184 Å². The molecular weight excluding hydrogens is 460 g/mol. The fourth-order valence-electron chi connectivity index (χ4n) is 2.99. The predicted octanol–water partition coefficient (Wildman–Crippen LogP) is 3.80. The van der Waals surface area contributed by atoms with Crippen molar-refractivity contribution in [2.45, 2.75) is 11.3 Å². The van der Waals surface area contributed by atoms with Crippen LogP contribution in [0.2, 0.25) is 5.02 Å². The molecule has 1 aliphatic heterocycles. The number of rotatable bonds is 6. The average Bonchev–Trinajstić information content (AvgIpc) is 3.17. The third kappa shape index (κ3) is 5.42. The van der Waals surface area contributed by atoms with Crippen LogP contribution in [0.5, 0.6) is 5.75 Å². The molecule has 1 atom stereocenters. The Kier molecular flexibility index (Phi) is 8.09. The zero-order chi connectivity index (χ0) is 21.2. The van der Waals surface area contributed by atoms with Gasteiger partial charge >= 0.3 is 0 Å². The Morgan fingerprint density at radius 3 is 2.63 bits per heavy atom. The molecule has 1 aliphatic rings. The second-order valence-electron chi connectivity index (χ2n) is 6.57. The standard InChI is InChI=1S/C19H18ClF2NO5S.H2S/c1-27-18-3-2-12(29(25,26)10-11-4-5-28-9-11)6-13(18)19(24)23-17-7-14(20)15(21)8-16(17)22;/h2-3,6-8,11H,4-5,9-10H2,1H3,(H,23,24);1H2/t11-;/m0./s1. The summed E-state index contributed by atoms with van der Waals surface area (Å²) in [4.78, 5) is 12.6. The summed E-state index contributed by atoms with van der Waals surface area (Å²) in [5, 5.41) is 1.89. The number of benzene rings is 2. The molecule has 164 valence electrons. The van der Waals surface area contributed by atoms with Crippen LogP contribution in [0.3, 0.4) is 0 Å². The van der Waals surface area contributed by atoms with Crippen molar-refractivity contribution < 1.29 is 31.5 Å². The first kappa shape index (κ1) is 24.4. The van der Waals surface area contributed by atoms with Gasteiger partial charge in [0.05, 0.1) is 40.6 Å². The Morgan fingerprint density at radius 1 is 1.27 bits per heavy atom. The SMILES string of the molecule is COc1ccc(S(=O)(=O)C[C@H]2CCOC2)cc1C(=O)Nc1cc(Cl)c(F)cc1F.S. The maximum Gasteiger partial charge on any atom is 0.259 e. The Bertz CT molecular complexity index is 1040. The molecule has 2 aromatic rings. The van der Waals surface area contributed by atoms with E-state index in [1.54, 1.807) is 0 Å². The van der Waals surface area contributed by atoms with Gasteiger partial charge in [-0.05, 0) is 36.6 Å². The van der Waals surface area contributed by atoms with Crippen molar-refractivity contribution in [1.29, 1.82) is 0 Å². The monoisotopic (exact) mass is 479 g/mol. The van der Waals surface area contributed by atoms with Gasteiger partial charge in [-0.1, -0.05) is 11.6 Å². The molecule has 1 N–H and O–H groups in total. The second-order valence-corrected chi connectivity index (χ2v) is 9.01. The minimum Gasteiger partial charge on any atom is -0.496 e. The van der Waals surface area contributed by atoms with Gasteiger partial charge in [0, 0.05) is 12.7 Å². The van der Waals surface area contributed by atoms with E-state index in [1.165, 1.54) is 25.3 Å². The summed E-state index contributed by atoms with van der Waals surface area (Å²) in [5.74, 6) is -2.95. The van der Waals surface area contributed by atoms with E-state index in [4.69, 9.17) is 21.1 Å². The summed E-state index contributed by atoms with van der Waals surface area (Å²) in [6, 6.07) is 5.33. The third-order valence-electron chi connectivity index (χ3n) is 4.51. The van der Waals surface area contributed by atoms with E-state index in [1.807, 2.05) is 0 Å². The summed E-state index contributed by atoms with van der Waals surface area (Å²) in [5.41, 5.74) is -0.462. The van der Waals surface area contributed by atoms with Gasteiger partial charge in [0.1, 0.15) is 17.4 Å². The highest BCUT2D eigenvalue weighted by molar-refractivity contribution is 7.91. The summed E-state index contributed by atoms with van der Waals surface area (Å²) >= 11 is 5.63. The van der Waals surface area contributed by atoms with Gasteiger partial charge in [0.2, 0.25) is 0 Å². The molecule has 0 radical (unpaired) electrons. The highest BCUT2D eigenvalue weighted by Crippen LogP contribution is 2.28. The molecule has 0 bridgehead atoms. The summed E-state index contributed by atoms with van der Waals surface area (Å²) in [6.07, 6.45) is 0.646. The Morgan fingerprint density at radius 2 is 2.00 bits per heavy atom. The lowest BCUT2D eigenvalue weighted by Gasteiger charge is -2.13. The molecule has 1 amide bonds. The number of anilines is 1. The van der Waals surface area contributed by atoms with E-state index >= 15 is 0 Å². The van der Waals surface area contributed by atoms with Crippen LogP contribution in [0.15, 0.2) is 35.2 Å². The van der Waals surface area contributed by atoms with E-state index in [0.29, 0.717) is 25.7 Å². The predicted molar refractivity (Wildman–Crippen MR) is 114 cm³/mol. The highest BCUT2D eigenvalue weighted by atomic mass is 35.5. The lowest BCUT2D eigenvalue weighted by Crippen LogP contribution is -2.18. The van der Waals surface area contributed by atoms with Crippen LogP contribution in [-0.4, -0.2) is 40.4 Å². The molecule has 0 unspecified atom stereocenters. The quantitative estimate of drug-likeness (QED) is 0.637. The van der Waals surface area contributed by atoms with E-state index in [9.17, 15) is 22.0 Å². The zero-order valence-corrected chi connectivity index (χ0v) is 18.4. The summed E-state index contributed by atoms with van der Waals surface area (Å²) in [6.45, 7) is 0.885. The van der Waals surface area contributed by atoms with E-state index in [-0.39, 0.29) is 52.1 Å². The van der Waals surface area contributed by atoms with Crippen LogP contribution in [0.4, 0.5) is 14.5 Å². The van der Waals surface area contributed by atoms with E-state index in [2.05, 4.69) is 5.32 Å². The van der Waals surface area contributed by atoms with Crippen LogP contribution >= 0.6 is 25.1 Å². The molecular formula is C19H20ClF2NO5S2. The van der Waals surface area contributed by atoms with Gasteiger partial charge in [-0.3, -0.25) is 4.79 Å². The van der Waals surface area contributed by atoms with Crippen LogP contribution in [0.25, 0.3) is 0 Å². The largest absolute Gasteiger partial charge is 0.496 e. The fraction of sp³-hybridized carbons (Fsp3) is 0.316. The fourth-order valence-corrected chi connectivity index (χ4v) is 4.80. The summed E-state index contributed by atoms with van der Waals surface area (Å²) in [7, 11) is -2.37. The maximum absolute atomic E-state index is 13.9. The first-order valence-corrected chi connectivity index (χ1v) is 10.7. The summed E-state index contributed by atoms with van der Waals surface area (Å²) < 4.78 is 63.0. The van der Waals surface area contributed by atoms with Crippen molar-refractivity contribution >= 4 is 46.5 Å². The topological polar surface area (TPSA) is 81.7 Å². The molecule has 0 saturated carbocycles. The number of nitrogens with one attached hydrogen (secondary N) is 1. The molecule has 30 heavy (non-hydrogen) atoms. The van der Waals surface area contributed by atoms with Crippen molar-refractivity contribution in [3.05, 3.63) is 52.6 Å². The van der Waals surface area contributed by atoms with Gasteiger partial charge < -0.3 is 14.8 Å². The van der Waals surface area contributed by atoms with Gasteiger partial charge in [0.25, 0.3) is 5.91 Å². The number of carbonyl (C=O) groups excluding carboxylic acids is 1. The molecule has 0 aromatic heterocycles. The Hall–Kier alpha value is -1.88. The second kappa shape index (κ2) is 9.95. The smallest absolute Gasteiger partial charge is 0.259 e. The number of hydrogen-bond acceptors (Lipinski definition) is 5. The number of hydrogen-bond donors (Lipinski definition) is 1. The van der Waals surface area contributed by atoms with Gasteiger partial charge in [-0.25, -0.2) is 17.2 Å². The number of ether oxygens (including phenoxy) is 2. The van der Waals surface area contributed by atoms with Gasteiger partial charge in [-0.2, -0.15) is 13.5 Å². The number of carbonyl (C=O) groups is 1. The average molecular weight is 480 g/mol.